The van der Waals surface area contributed by atoms with E-state index >= 15 is 0 Å². The molecule has 2 aliphatic carbocycles. The molecule has 0 heterocycles. The van der Waals surface area contributed by atoms with E-state index < -0.39 is 0 Å². The molecule has 0 aliphatic heterocycles. The standard InChI is InChI=1S/C15H29N/c1-12(2)15(16)11-7-6-10-14(15)13-8-4-3-5-9-13/h12-14H,3-11,16H2,1-2H3. The molecule has 0 aromatic heterocycles. The molecule has 1 heteroatoms. The summed E-state index contributed by atoms with van der Waals surface area (Å²) >= 11 is 0. The molecule has 16 heavy (non-hydrogen) atoms. The fourth-order valence-corrected chi connectivity index (χ4v) is 4.18. The van der Waals surface area contributed by atoms with Crippen LogP contribution in [0.5, 0.6) is 0 Å². The third kappa shape index (κ3) is 2.30. The van der Waals surface area contributed by atoms with Crippen molar-refractivity contribution in [3.63, 3.8) is 0 Å². The van der Waals surface area contributed by atoms with Gasteiger partial charge in [0.2, 0.25) is 0 Å². The average Bonchev–Trinajstić information content (AvgIpc) is 2.30. The first-order chi connectivity index (χ1) is 7.64. The monoisotopic (exact) mass is 223 g/mol. The zero-order valence-electron chi connectivity index (χ0n) is 11.2. The third-order valence-corrected chi connectivity index (χ3v) is 5.36. The van der Waals surface area contributed by atoms with Crippen LogP contribution in [-0.4, -0.2) is 5.54 Å². The molecule has 0 saturated heterocycles. The van der Waals surface area contributed by atoms with E-state index in [9.17, 15) is 0 Å². The van der Waals surface area contributed by atoms with Crippen molar-refractivity contribution in [2.24, 2.45) is 23.5 Å². The summed E-state index contributed by atoms with van der Waals surface area (Å²) in [5.74, 6) is 2.42. The molecule has 2 unspecified atom stereocenters. The molecule has 94 valence electrons. The van der Waals surface area contributed by atoms with Crippen LogP contribution in [0.25, 0.3) is 0 Å². The fourth-order valence-electron chi connectivity index (χ4n) is 4.18. The Labute approximate surface area is 101 Å². The normalized spacial score (nSPS) is 37.9. The minimum Gasteiger partial charge on any atom is -0.325 e. The van der Waals surface area contributed by atoms with Crippen LogP contribution >= 0.6 is 0 Å². The Morgan fingerprint density at radius 3 is 2.19 bits per heavy atom. The van der Waals surface area contributed by atoms with Crippen molar-refractivity contribution in [1.29, 1.82) is 0 Å². The van der Waals surface area contributed by atoms with E-state index in [-0.39, 0.29) is 5.54 Å². The van der Waals surface area contributed by atoms with Crippen LogP contribution in [0.2, 0.25) is 0 Å². The van der Waals surface area contributed by atoms with Crippen LogP contribution in [0.4, 0.5) is 0 Å². The molecule has 1 nitrogen and oxygen atoms in total. The van der Waals surface area contributed by atoms with Gasteiger partial charge in [-0.3, -0.25) is 0 Å². The molecule has 2 fully saturated rings. The highest BCUT2D eigenvalue weighted by atomic mass is 14.8. The summed E-state index contributed by atoms with van der Waals surface area (Å²) < 4.78 is 0. The maximum Gasteiger partial charge on any atom is 0.0208 e. The molecule has 0 aromatic rings. The van der Waals surface area contributed by atoms with E-state index in [0.717, 1.165) is 11.8 Å². The Bertz CT molecular complexity index is 217. The summed E-state index contributed by atoms with van der Waals surface area (Å²) in [5.41, 5.74) is 6.93. The second kappa shape index (κ2) is 5.08. The molecule has 2 aliphatic rings. The van der Waals surface area contributed by atoms with Crippen molar-refractivity contribution in [3.8, 4) is 0 Å². The van der Waals surface area contributed by atoms with Gasteiger partial charge in [0.1, 0.15) is 0 Å². The fraction of sp³-hybridized carbons (Fsp3) is 1.00. The minimum absolute atomic E-state index is 0.153. The Kier molecular flexibility index (Phi) is 3.94. The molecular weight excluding hydrogens is 194 g/mol. The van der Waals surface area contributed by atoms with Gasteiger partial charge < -0.3 is 5.73 Å². The van der Waals surface area contributed by atoms with Gasteiger partial charge in [-0.1, -0.05) is 58.8 Å². The zero-order chi connectivity index (χ0) is 11.6. The lowest BCUT2D eigenvalue weighted by atomic mass is 9.60. The van der Waals surface area contributed by atoms with Crippen molar-refractivity contribution >= 4 is 0 Å². The van der Waals surface area contributed by atoms with Gasteiger partial charge in [-0.15, -0.1) is 0 Å². The molecule has 0 aromatic carbocycles. The Morgan fingerprint density at radius 1 is 0.938 bits per heavy atom. The van der Waals surface area contributed by atoms with E-state index in [4.69, 9.17) is 5.73 Å². The van der Waals surface area contributed by atoms with Crippen molar-refractivity contribution in [2.75, 3.05) is 0 Å². The highest BCUT2D eigenvalue weighted by molar-refractivity contribution is 4.99. The first-order valence-corrected chi connectivity index (χ1v) is 7.43. The molecule has 0 spiro atoms. The molecule has 0 bridgehead atoms. The summed E-state index contributed by atoms with van der Waals surface area (Å²) in [5, 5.41) is 0. The lowest BCUT2D eigenvalue weighted by Crippen LogP contribution is -2.55. The van der Waals surface area contributed by atoms with Crippen LogP contribution in [-0.2, 0) is 0 Å². The van der Waals surface area contributed by atoms with Crippen LogP contribution < -0.4 is 5.73 Å². The van der Waals surface area contributed by atoms with E-state index in [1.165, 1.54) is 57.8 Å². The minimum atomic E-state index is 0.153. The maximum atomic E-state index is 6.78. The first-order valence-electron chi connectivity index (χ1n) is 7.43. The Balaban J connectivity index is 2.09. The summed E-state index contributed by atoms with van der Waals surface area (Å²) in [4.78, 5) is 0. The van der Waals surface area contributed by atoms with Gasteiger partial charge >= 0.3 is 0 Å². The number of hydrogen-bond donors (Lipinski definition) is 1. The SMILES string of the molecule is CC(C)C1(N)CCCCC1C1CCCCC1. The van der Waals surface area contributed by atoms with Crippen LogP contribution in [0.3, 0.4) is 0 Å². The largest absolute Gasteiger partial charge is 0.325 e. The van der Waals surface area contributed by atoms with Crippen LogP contribution in [0.15, 0.2) is 0 Å². The smallest absolute Gasteiger partial charge is 0.0208 e. The van der Waals surface area contributed by atoms with E-state index in [0.29, 0.717) is 5.92 Å². The van der Waals surface area contributed by atoms with Gasteiger partial charge in [0, 0.05) is 5.54 Å². The van der Waals surface area contributed by atoms with Crippen molar-refractivity contribution < 1.29 is 0 Å². The van der Waals surface area contributed by atoms with Crippen molar-refractivity contribution in [1.82, 2.24) is 0 Å². The molecule has 2 N–H and O–H groups in total. The van der Waals surface area contributed by atoms with Gasteiger partial charge in [0.15, 0.2) is 0 Å². The van der Waals surface area contributed by atoms with E-state index in [2.05, 4.69) is 13.8 Å². The van der Waals surface area contributed by atoms with Gasteiger partial charge in [-0.05, 0) is 30.6 Å². The lowest BCUT2D eigenvalue weighted by Gasteiger charge is -2.49. The van der Waals surface area contributed by atoms with Gasteiger partial charge in [-0.2, -0.15) is 0 Å². The quantitative estimate of drug-likeness (QED) is 0.749. The maximum absolute atomic E-state index is 6.78. The molecule has 0 amide bonds. The van der Waals surface area contributed by atoms with Crippen LogP contribution in [0.1, 0.15) is 71.6 Å². The second-order valence-electron chi connectivity index (χ2n) is 6.52. The Morgan fingerprint density at radius 2 is 1.56 bits per heavy atom. The zero-order valence-corrected chi connectivity index (χ0v) is 11.2. The van der Waals surface area contributed by atoms with Gasteiger partial charge in [-0.25, -0.2) is 0 Å². The first kappa shape index (κ1) is 12.4. The second-order valence-corrected chi connectivity index (χ2v) is 6.52. The summed E-state index contributed by atoms with van der Waals surface area (Å²) in [6.07, 6.45) is 12.7. The summed E-state index contributed by atoms with van der Waals surface area (Å²) in [6, 6.07) is 0. The molecule has 2 saturated carbocycles. The van der Waals surface area contributed by atoms with Crippen LogP contribution in [0, 0.1) is 17.8 Å². The molecule has 2 atom stereocenters. The van der Waals surface area contributed by atoms with E-state index in [1.54, 1.807) is 0 Å². The summed E-state index contributed by atoms with van der Waals surface area (Å²) in [6.45, 7) is 4.67. The van der Waals surface area contributed by atoms with Crippen molar-refractivity contribution in [3.05, 3.63) is 0 Å². The lowest BCUT2D eigenvalue weighted by molar-refractivity contribution is 0.0658. The predicted molar refractivity (Wildman–Crippen MR) is 70.3 cm³/mol. The molecular formula is C15H29N. The van der Waals surface area contributed by atoms with Crippen molar-refractivity contribution in [2.45, 2.75) is 77.2 Å². The highest BCUT2D eigenvalue weighted by Crippen LogP contribution is 2.45. The average molecular weight is 223 g/mol. The summed E-state index contributed by atoms with van der Waals surface area (Å²) in [7, 11) is 0. The molecule has 2 rings (SSSR count). The number of rotatable bonds is 2. The molecule has 0 radical (unpaired) electrons. The third-order valence-electron chi connectivity index (χ3n) is 5.36. The number of nitrogens with two attached hydrogens (primary N) is 1. The number of hydrogen-bond acceptors (Lipinski definition) is 1. The van der Waals surface area contributed by atoms with Gasteiger partial charge in [0.25, 0.3) is 0 Å². The predicted octanol–water partition coefficient (Wildman–Crippen LogP) is 4.11. The van der Waals surface area contributed by atoms with Gasteiger partial charge in [0.05, 0.1) is 0 Å². The van der Waals surface area contributed by atoms with E-state index in [1.807, 2.05) is 0 Å². The highest BCUT2D eigenvalue weighted by Gasteiger charge is 2.43. The Hall–Kier alpha value is -0.0400. The topological polar surface area (TPSA) is 26.0 Å².